The van der Waals surface area contributed by atoms with Gasteiger partial charge in [-0.2, -0.15) is 0 Å². The molecule has 0 rings (SSSR count). The molecule has 5 N–H and O–H groups in total. The van der Waals surface area contributed by atoms with Gasteiger partial charge in [0.1, 0.15) is 0 Å². The lowest BCUT2D eigenvalue weighted by Crippen LogP contribution is -2.63. The molecule has 0 saturated carbocycles. The van der Waals surface area contributed by atoms with E-state index in [0.717, 1.165) is 0 Å². The van der Waals surface area contributed by atoms with E-state index in [2.05, 4.69) is 0 Å². The summed E-state index contributed by atoms with van der Waals surface area (Å²) < 4.78 is 33.6. The molecule has 0 spiro atoms. The van der Waals surface area contributed by atoms with E-state index in [-0.39, 0.29) is 12.8 Å². The summed E-state index contributed by atoms with van der Waals surface area (Å²) in [4.78, 5) is 34.3. The molecule has 0 aliphatic heterocycles. The minimum absolute atomic E-state index is 0.0291. The number of primary amides is 1. The minimum Gasteiger partial charge on any atom is -0.481 e. The number of carbonyl (C=O) groups is 3. The maximum atomic E-state index is 12.7. The number of carboxylic acids is 1. The van der Waals surface area contributed by atoms with Crippen molar-refractivity contribution in [2.75, 3.05) is 5.75 Å². The summed E-state index contributed by atoms with van der Waals surface area (Å²) in [5, 5.41) is 6.74. The molecule has 9 heteroatoms. The highest BCUT2D eigenvalue weighted by molar-refractivity contribution is 7.92. The number of hydrogen-bond donors (Lipinski definition) is 3. The average molecular weight is 351 g/mol. The number of carbonyl (C=O) groups excluding carboxylic acids is 2. The molecular formula is C14H26N2O6S. The van der Waals surface area contributed by atoms with Crippen molar-refractivity contribution in [1.29, 1.82) is 0 Å². The molecule has 0 bridgehead atoms. The molecule has 0 fully saturated rings. The second-order valence-corrected chi connectivity index (χ2v) is 7.55. The van der Waals surface area contributed by atoms with E-state index in [1.807, 2.05) is 0 Å². The van der Waals surface area contributed by atoms with Gasteiger partial charge in [-0.05, 0) is 12.8 Å². The first kappa shape index (κ1) is 19.6. The normalized spacial score (nSPS) is 15.5. The van der Waals surface area contributed by atoms with Crippen LogP contribution in [-0.4, -0.2) is 47.7 Å². The largest absolute Gasteiger partial charge is 0.481 e. The van der Waals surface area contributed by atoms with E-state index in [1.165, 1.54) is 0 Å². The van der Waals surface area contributed by atoms with E-state index in [4.69, 9.17) is 17.9 Å². The quantitative estimate of drug-likeness (QED) is 0.417. The van der Waals surface area contributed by atoms with Crippen LogP contribution in [0.15, 0.2) is 0 Å². The van der Waals surface area contributed by atoms with Crippen LogP contribution in [-0.2, 0) is 24.2 Å². The highest BCUT2D eigenvalue weighted by atomic mass is 32.2. The van der Waals surface area contributed by atoms with Crippen LogP contribution in [0.3, 0.4) is 0 Å². The fourth-order valence-corrected chi connectivity index (χ4v) is 4.27. The van der Waals surface area contributed by atoms with Crippen LogP contribution in [0, 0.1) is 0 Å². The number of aliphatic carboxylic acids is 1. The van der Waals surface area contributed by atoms with Gasteiger partial charge in [-0.1, -0.05) is 26.7 Å². The third-order valence-electron chi connectivity index (χ3n) is 3.42. The maximum Gasteiger partial charge on any atom is 0.303 e. The fourth-order valence-electron chi connectivity index (χ4n) is 2.13. The molecule has 134 valence electrons. The standard InChI is InChI=1S/C14H26N2O6S/c1-3-5-10(6-4-2)23(21,22)9-14(16,13(15)20)11(17)7-8-12(18)19/h10H,3-9,16H2,1-2H3,(H2,15,20)(H,18,19)/t14-/m1/s1/i10D. The summed E-state index contributed by atoms with van der Waals surface area (Å²) >= 11 is 0. The van der Waals surface area contributed by atoms with Crippen molar-refractivity contribution in [3.8, 4) is 0 Å². The fraction of sp³-hybridized carbons (Fsp3) is 0.786. The second-order valence-electron chi connectivity index (χ2n) is 5.45. The van der Waals surface area contributed by atoms with Crippen LogP contribution in [0.4, 0.5) is 0 Å². The third kappa shape index (κ3) is 6.26. The molecule has 1 atom stereocenters. The number of amides is 1. The number of hydrogen-bond acceptors (Lipinski definition) is 6. The number of sulfone groups is 1. The number of ketones is 1. The molecule has 0 heterocycles. The van der Waals surface area contributed by atoms with Gasteiger partial charge in [0.2, 0.25) is 5.91 Å². The molecule has 0 aliphatic carbocycles. The zero-order valence-electron chi connectivity index (χ0n) is 14.5. The van der Waals surface area contributed by atoms with Gasteiger partial charge in [0, 0.05) is 7.79 Å². The van der Waals surface area contributed by atoms with E-state index < -0.39 is 56.9 Å². The molecule has 23 heavy (non-hydrogen) atoms. The summed E-state index contributed by atoms with van der Waals surface area (Å²) in [6.07, 6.45) is -0.311. The third-order valence-corrected chi connectivity index (χ3v) is 5.54. The van der Waals surface area contributed by atoms with Gasteiger partial charge in [0.05, 0.1) is 17.4 Å². The Kier molecular flexibility index (Phi) is 7.63. The Hall–Kier alpha value is -1.48. The predicted octanol–water partition coefficient (Wildman–Crippen LogP) is -0.0133. The lowest BCUT2D eigenvalue weighted by atomic mass is 9.93. The summed E-state index contributed by atoms with van der Waals surface area (Å²) in [7, 11) is -4.26. The van der Waals surface area contributed by atoms with Crippen molar-refractivity contribution in [2.45, 2.75) is 63.1 Å². The molecule has 0 saturated heterocycles. The molecular weight excluding hydrogens is 324 g/mol. The Morgan fingerprint density at radius 1 is 1.17 bits per heavy atom. The minimum atomic E-state index is -4.26. The van der Waals surface area contributed by atoms with Crippen molar-refractivity contribution in [2.24, 2.45) is 11.5 Å². The van der Waals surface area contributed by atoms with Gasteiger partial charge in [0.25, 0.3) is 0 Å². The zero-order valence-corrected chi connectivity index (χ0v) is 14.3. The first-order chi connectivity index (χ1) is 10.9. The Morgan fingerprint density at radius 3 is 2.00 bits per heavy atom. The molecule has 1 amide bonds. The Morgan fingerprint density at radius 2 is 1.65 bits per heavy atom. The molecule has 0 aromatic carbocycles. The molecule has 0 aromatic heterocycles. The second kappa shape index (κ2) is 8.97. The first-order valence-electron chi connectivity index (χ1n) is 7.92. The SMILES string of the molecule is [2H]C(CCC)(CCC)S(=O)(=O)C[C@](N)(C(N)=O)C(=O)CCC(=O)O. The number of Topliss-reactive ketones (excluding diaryl/α,β-unsaturated/α-hetero) is 1. The Labute approximate surface area is 137 Å². The van der Waals surface area contributed by atoms with Gasteiger partial charge in [-0.3, -0.25) is 14.4 Å². The van der Waals surface area contributed by atoms with E-state index in [1.54, 1.807) is 13.8 Å². The average Bonchev–Trinajstić information content (AvgIpc) is 2.44. The van der Waals surface area contributed by atoms with Crippen LogP contribution >= 0.6 is 0 Å². The van der Waals surface area contributed by atoms with Gasteiger partial charge in [0.15, 0.2) is 21.2 Å². The van der Waals surface area contributed by atoms with Crippen molar-refractivity contribution in [3.63, 3.8) is 0 Å². The predicted molar refractivity (Wildman–Crippen MR) is 85.4 cm³/mol. The maximum absolute atomic E-state index is 12.7. The number of rotatable bonds is 12. The molecule has 0 unspecified atom stereocenters. The number of carboxylic acid groups (broad SMARTS) is 1. The first-order valence-corrected chi connectivity index (χ1v) is 9.07. The van der Waals surface area contributed by atoms with E-state index in [0.29, 0.717) is 12.8 Å². The van der Waals surface area contributed by atoms with Crippen molar-refractivity contribution < 1.29 is 29.3 Å². The van der Waals surface area contributed by atoms with Crippen LogP contribution in [0.5, 0.6) is 0 Å². The lowest BCUT2D eigenvalue weighted by molar-refractivity contribution is -0.140. The van der Waals surface area contributed by atoms with Gasteiger partial charge >= 0.3 is 5.97 Å². The summed E-state index contributed by atoms with van der Waals surface area (Å²) in [5.41, 5.74) is 8.25. The lowest BCUT2D eigenvalue weighted by Gasteiger charge is -2.26. The molecule has 0 aromatic rings. The summed E-state index contributed by atoms with van der Waals surface area (Å²) in [6.45, 7) is 3.44. The van der Waals surface area contributed by atoms with Crippen LogP contribution in [0.2, 0.25) is 0 Å². The van der Waals surface area contributed by atoms with Crippen LogP contribution in [0.1, 0.15) is 53.7 Å². The van der Waals surface area contributed by atoms with Gasteiger partial charge in [-0.15, -0.1) is 0 Å². The van der Waals surface area contributed by atoms with E-state index >= 15 is 0 Å². The number of nitrogens with two attached hydrogens (primary N) is 2. The van der Waals surface area contributed by atoms with E-state index in [9.17, 15) is 22.8 Å². The monoisotopic (exact) mass is 351 g/mol. The highest BCUT2D eigenvalue weighted by Gasteiger charge is 2.45. The molecule has 0 radical (unpaired) electrons. The van der Waals surface area contributed by atoms with Gasteiger partial charge < -0.3 is 16.6 Å². The van der Waals surface area contributed by atoms with Crippen molar-refractivity contribution in [1.82, 2.24) is 0 Å². The Balaban J connectivity index is 5.67. The highest BCUT2D eigenvalue weighted by Crippen LogP contribution is 2.20. The topological polar surface area (TPSA) is 158 Å². The van der Waals surface area contributed by atoms with Gasteiger partial charge in [-0.25, -0.2) is 8.42 Å². The van der Waals surface area contributed by atoms with Crippen LogP contribution in [0.25, 0.3) is 0 Å². The Bertz CT molecular complexity index is 586. The molecule has 8 nitrogen and oxygen atoms in total. The smallest absolute Gasteiger partial charge is 0.303 e. The molecule has 0 aliphatic rings. The van der Waals surface area contributed by atoms with Crippen molar-refractivity contribution >= 4 is 27.5 Å². The summed E-state index contributed by atoms with van der Waals surface area (Å²) in [6, 6.07) is 0. The van der Waals surface area contributed by atoms with Crippen molar-refractivity contribution in [3.05, 3.63) is 0 Å². The summed E-state index contributed by atoms with van der Waals surface area (Å²) in [5.74, 6) is -4.80. The zero-order chi connectivity index (χ0) is 19.2. The van der Waals surface area contributed by atoms with Crippen LogP contribution < -0.4 is 11.5 Å².